The van der Waals surface area contributed by atoms with Gasteiger partial charge in [-0.3, -0.25) is 9.69 Å². The number of hydrogen-bond acceptors (Lipinski definition) is 3. The Morgan fingerprint density at radius 2 is 2.14 bits per heavy atom. The SMILES string of the molecule is C[C@H](C(=O)NCc1cccs1)N(C)Cc1ccc(Cl)cc1Cl. The third kappa shape index (κ3) is 4.71. The number of thiophene rings is 1. The average molecular weight is 357 g/mol. The Kier molecular flexibility index (Phi) is 6.26. The molecule has 1 aromatic heterocycles. The van der Waals surface area contributed by atoms with Crippen molar-refractivity contribution in [3.8, 4) is 0 Å². The standard InChI is InChI=1S/C16H18Cl2N2OS/c1-11(16(21)19-9-14-4-3-7-22-14)20(2)10-12-5-6-13(17)8-15(12)18/h3-8,11H,9-10H2,1-2H3,(H,19,21)/t11-/m1/s1. The van der Waals surface area contributed by atoms with Gasteiger partial charge in [-0.1, -0.05) is 35.3 Å². The van der Waals surface area contributed by atoms with Crippen molar-refractivity contribution in [3.05, 3.63) is 56.2 Å². The predicted molar refractivity (Wildman–Crippen MR) is 93.6 cm³/mol. The van der Waals surface area contributed by atoms with Crippen molar-refractivity contribution in [2.45, 2.75) is 26.1 Å². The maximum Gasteiger partial charge on any atom is 0.237 e. The van der Waals surface area contributed by atoms with Gasteiger partial charge >= 0.3 is 0 Å². The Hall–Kier alpha value is -1.07. The Morgan fingerprint density at radius 3 is 2.77 bits per heavy atom. The van der Waals surface area contributed by atoms with Crippen LogP contribution in [0.15, 0.2) is 35.7 Å². The molecular formula is C16H18Cl2N2OS. The van der Waals surface area contributed by atoms with E-state index < -0.39 is 0 Å². The second kappa shape index (κ2) is 7.97. The third-order valence-corrected chi connectivity index (χ3v) is 4.96. The molecule has 0 radical (unpaired) electrons. The number of nitrogens with one attached hydrogen (secondary N) is 1. The van der Waals surface area contributed by atoms with Gasteiger partial charge in [0.25, 0.3) is 0 Å². The van der Waals surface area contributed by atoms with Crippen molar-refractivity contribution in [1.29, 1.82) is 0 Å². The van der Waals surface area contributed by atoms with Gasteiger partial charge in [0.2, 0.25) is 5.91 Å². The van der Waals surface area contributed by atoms with E-state index in [-0.39, 0.29) is 11.9 Å². The average Bonchev–Trinajstić information content (AvgIpc) is 3.00. The van der Waals surface area contributed by atoms with Crippen LogP contribution in [-0.2, 0) is 17.9 Å². The van der Waals surface area contributed by atoms with Gasteiger partial charge in [0, 0.05) is 21.5 Å². The monoisotopic (exact) mass is 356 g/mol. The van der Waals surface area contributed by atoms with E-state index in [1.165, 1.54) is 0 Å². The molecule has 6 heteroatoms. The summed E-state index contributed by atoms with van der Waals surface area (Å²) < 4.78 is 0. The van der Waals surface area contributed by atoms with Gasteiger partial charge in [0.15, 0.2) is 0 Å². The molecule has 0 aliphatic heterocycles. The molecule has 1 N–H and O–H groups in total. The molecule has 0 bridgehead atoms. The summed E-state index contributed by atoms with van der Waals surface area (Å²) in [6.45, 7) is 3.04. The van der Waals surface area contributed by atoms with Gasteiger partial charge in [-0.25, -0.2) is 0 Å². The van der Waals surface area contributed by atoms with Crippen LogP contribution < -0.4 is 5.32 Å². The zero-order chi connectivity index (χ0) is 16.1. The highest BCUT2D eigenvalue weighted by Gasteiger charge is 2.18. The van der Waals surface area contributed by atoms with Crippen LogP contribution in [0.2, 0.25) is 10.0 Å². The summed E-state index contributed by atoms with van der Waals surface area (Å²) in [5, 5.41) is 6.18. The summed E-state index contributed by atoms with van der Waals surface area (Å²) in [7, 11) is 1.90. The largest absolute Gasteiger partial charge is 0.350 e. The summed E-state index contributed by atoms with van der Waals surface area (Å²) in [4.78, 5) is 15.3. The lowest BCUT2D eigenvalue weighted by molar-refractivity contribution is -0.125. The Labute approximate surface area is 144 Å². The first-order valence-corrected chi connectivity index (χ1v) is 8.55. The maximum absolute atomic E-state index is 12.2. The van der Waals surface area contributed by atoms with Gasteiger partial charge in [0.1, 0.15) is 0 Å². The van der Waals surface area contributed by atoms with Crippen LogP contribution in [0.5, 0.6) is 0 Å². The van der Waals surface area contributed by atoms with Gasteiger partial charge in [0.05, 0.1) is 12.6 Å². The fraction of sp³-hybridized carbons (Fsp3) is 0.312. The zero-order valence-corrected chi connectivity index (χ0v) is 14.8. The highest BCUT2D eigenvalue weighted by molar-refractivity contribution is 7.09. The lowest BCUT2D eigenvalue weighted by Crippen LogP contribution is -2.42. The highest BCUT2D eigenvalue weighted by Crippen LogP contribution is 2.22. The minimum Gasteiger partial charge on any atom is -0.350 e. The Morgan fingerprint density at radius 1 is 1.36 bits per heavy atom. The van der Waals surface area contributed by atoms with Gasteiger partial charge in [-0.05, 0) is 43.1 Å². The van der Waals surface area contributed by atoms with Crippen molar-refractivity contribution >= 4 is 40.4 Å². The molecule has 0 saturated carbocycles. The number of nitrogens with zero attached hydrogens (tertiary/aromatic N) is 1. The molecular weight excluding hydrogens is 339 g/mol. The first-order valence-electron chi connectivity index (χ1n) is 6.91. The molecule has 2 rings (SSSR count). The van der Waals surface area contributed by atoms with Crippen LogP contribution >= 0.6 is 34.5 Å². The molecule has 1 amide bonds. The van der Waals surface area contributed by atoms with Gasteiger partial charge < -0.3 is 5.32 Å². The maximum atomic E-state index is 12.2. The summed E-state index contributed by atoms with van der Waals surface area (Å²) in [5.41, 5.74) is 0.950. The van der Waals surface area contributed by atoms with Crippen molar-refractivity contribution in [2.24, 2.45) is 0 Å². The number of benzene rings is 1. The van der Waals surface area contributed by atoms with Crippen LogP contribution in [-0.4, -0.2) is 23.9 Å². The molecule has 2 aromatic rings. The first kappa shape index (κ1) is 17.3. The summed E-state index contributed by atoms with van der Waals surface area (Å²) in [6, 6.07) is 9.15. The molecule has 0 aliphatic carbocycles. The second-order valence-corrected chi connectivity index (χ2v) is 7.00. The van der Waals surface area contributed by atoms with Crippen LogP contribution in [0.1, 0.15) is 17.4 Å². The molecule has 0 saturated heterocycles. The van der Waals surface area contributed by atoms with E-state index in [2.05, 4.69) is 5.32 Å². The molecule has 1 atom stereocenters. The highest BCUT2D eigenvalue weighted by atomic mass is 35.5. The number of carbonyl (C=O) groups excluding carboxylic acids is 1. The van der Waals surface area contributed by atoms with Crippen LogP contribution in [0, 0.1) is 0 Å². The smallest absolute Gasteiger partial charge is 0.237 e. The van der Waals surface area contributed by atoms with Crippen LogP contribution in [0.25, 0.3) is 0 Å². The van der Waals surface area contributed by atoms with Gasteiger partial charge in [-0.2, -0.15) is 0 Å². The van der Waals surface area contributed by atoms with Crippen molar-refractivity contribution in [3.63, 3.8) is 0 Å². The molecule has 1 aromatic carbocycles. The van der Waals surface area contributed by atoms with E-state index >= 15 is 0 Å². The zero-order valence-electron chi connectivity index (χ0n) is 12.5. The lowest BCUT2D eigenvalue weighted by Gasteiger charge is -2.24. The number of carbonyl (C=O) groups is 1. The summed E-state index contributed by atoms with van der Waals surface area (Å²) in [5.74, 6) is 0.000913. The normalized spacial score (nSPS) is 12.4. The number of rotatable bonds is 6. The quantitative estimate of drug-likeness (QED) is 0.841. The number of likely N-dealkylation sites (N-methyl/N-ethyl adjacent to an activating group) is 1. The fourth-order valence-electron chi connectivity index (χ4n) is 1.99. The van der Waals surface area contributed by atoms with E-state index in [1.807, 2.05) is 42.5 Å². The van der Waals surface area contributed by atoms with Crippen LogP contribution in [0.3, 0.4) is 0 Å². The van der Waals surface area contributed by atoms with E-state index in [1.54, 1.807) is 23.5 Å². The van der Waals surface area contributed by atoms with Crippen molar-refractivity contribution in [2.75, 3.05) is 7.05 Å². The first-order chi connectivity index (χ1) is 10.5. The lowest BCUT2D eigenvalue weighted by atomic mass is 10.2. The summed E-state index contributed by atoms with van der Waals surface area (Å²) >= 11 is 13.7. The fourth-order valence-corrected chi connectivity index (χ4v) is 3.10. The van der Waals surface area contributed by atoms with E-state index in [0.717, 1.165) is 10.4 Å². The number of halogens is 2. The molecule has 22 heavy (non-hydrogen) atoms. The van der Waals surface area contributed by atoms with Crippen molar-refractivity contribution < 1.29 is 4.79 Å². The second-order valence-electron chi connectivity index (χ2n) is 5.12. The number of hydrogen-bond donors (Lipinski definition) is 1. The molecule has 118 valence electrons. The number of amides is 1. The van der Waals surface area contributed by atoms with E-state index in [4.69, 9.17) is 23.2 Å². The minimum absolute atomic E-state index is 0.000913. The van der Waals surface area contributed by atoms with E-state index in [9.17, 15) is 4.79 Å². The molecule has 3 nitrogen and oxygen atoms in total. The molecule has 0 aliphatic rings. The Bertz CT molecular complexity index is 631. The van der Waals surface area contributed by atoms with E-state index in [0.29, 0.717) is 23.1 Å². The topological polar surface area (TPSA) is 32.3 Å². The van der Waals surface area contributed by atoms with Crippen molar-refractivity contribution in [1.82, 2.24) is 10.2 Å². The summed E-state index contributed by atoms with van der Waals surface area (Å²) in [6.07, 6.45) is 0. The van der Waals surface area contributed by atoms with Crippen LogP contribution in [0.4, 0.5) is 0 Å². The third-order valence-electron chi connectivity index (χ3n) is 3.49. The molecule has 0 spiro atoms. The predicted octanol–water partition coefficient (Wildman–Crippen LogP) is 4.19. The Balaban J connectivity index is 1.90. The molecule has 1 heterocycles. The molecule has 0 fully saturated rings. The van der Waals surface area contributed by atoms with Gasteiger partial charge in [-0.15, -0.1) is 11.3 Å². The minimum atomic E-state index is -0.244. The molecule has 0 unspecified atom stereocenters.